The molecule has 1 amide bonds. The number of carboxylic acid groups (broad SMARTS) is 1. The highest BCUT2D eigenvalue weighted by molar-refractivity contribution is 5.96. The quantitative estimate of drug-likeness (QED) is 0.657. The molecule has 2 aliphatic rings. The van der Waals surface area contributed by atoms with Gasteiger partial charge in [0.15, 0.2) is 0 Å². The summed E-state index contributed by atoms with van der Waals surface area (Å²) in [5, 5.41) is 24.7. The van der Waals surface area contributed by atoms with Crippen LogP contribution >= 0.6 is 0 Å². The van der Waals surface area contributed by atoms with Crippen molar-refractivity contribution in [3.63, 3.8) is 0 Å². The molecule has 2 saturated carbocycles. The Balaban J connectivity index is 1.78. The van der Waals surface area contributed by atoms with Gasteiger partial charge in [0.2, 0.25) is 5.91 Å². The minimum absolute atomic E-state index is 0.0101. The van der Waals surface area contributed by atoms with Crippen LogP contribution in [0.4, 0.5) is 11.4 Å². The van der Waals surface area contributed by atoms with E-state index in [4.69, 9.17) is 0 Å². The molecule has 3 rings (SSSR count). The van der Waals surface area contributed by atoms with Crippen LogP contribution in [-0.4, -0.2) is 16.8 Å². The minimum Gasteiger partial charge on any atom is -0.550 e. The Morgan fingerprint density at radius 2 is 1.86 bits per heavy atom. The highest BCUT2D eigenvalue weighted by atomic mass is 16.6. The number of nitro benzene ring substituents is 1. The third kappa shape index (κ3) is 2.43. The smallest absolute Gasteiger partial charge is 0.271 e. The number of fused-ring (bicyclic) bond motifs is 2. The summed E-state index contributed by atoms with van der Waals surface area (Å²) in [5.74, 6) is -2.85. The van der Waals surface area contributed by atoms with Crippen molar-refractivity contribution in [3.8, 4) is 0 Å². The Kier molecular flexibility index (Phi) is 3.56. The summed E-state index contributed by atoms with van der Waals surface area (Å²) >= 11 is 0. The molecule has 2 aliphatic carbocycles. The van der Waals surface area contributed by atoms with Gasteiger partial charge < -0.3 is 15.2 Å². The van der Waals surface area contributed by atoms with Gasteiger partial charge in [0, 0.05) is 35.6 Å². The summed E-state index contributed by atoms with van der Waals surface area (Å²) in [7, 11) is 0. The zero-order valence-corrected chi connectivity index (χ0v) is 11.7. The van der Waals surface area contributed by atoms with Crippen molar-refractivity contribution in [2.24, 2.45) is 23.7 Å². The molecule has 0 spiro atoms. The lowest BCUT2D eigenvalue weighted by Gasteiger charge is -2.30. The maximum absolute atomic E-state index is 12.4. The van der Waals surface area contributed by atoms with Crippen molar-refractivity contribution >= 4 is 23.3 Å². The molecule has 2 fully saturated rings. The Labute approximate surface area is 126 Å². The molecule has 0 heterocycles. The summed E-state index contributed by atoms with van der Waals surface area (Å²) in [6.45, 7) is 0. The van der Waals surface area contributed by atoms with Crippen LogP contribution in [0.5, 0.6) is 0 Å². The lowest BCUT2D eigenvalue weighted by Crippen LogP contribution is -2.43. The molecule has 22 heavy (non-hydrogen) atoms. The molecule has 1 N–H and O–H groups in total. The van der Waals surface area contributed by atoms with E-state index in [1.807, 2.05) is 0 Å². The number of carbonyl (C=O) groups excluding carboxylic acids is 2. The zero-order chi connectivity index (χ0) is 15.9. The van der Waals surface area contributed by atoms with Crippen LogP contribution in [0.3, 0.4) is 0 Å². The molecule has 0 aromatic heterocycles. The summed E-state index contributed by atoms with van der Waals surface area (Å²) in [4.78, 5) is 34.0. The maximum Gasteiger partial charge on any atom is 0.271 e. The first kappa shape index (κ1) is 14.5. The van der Waals surface area contributed by atoms with Crippen molar-refractivity contribution in [1.29, 1.82) is 0 Å². The van der Waals surface area contributed by atoms with Crippen LogP contribution in [0, 0.1) is 33.8 Å². The van der Waals surface area contributed by atoms with E-state index in [0.29, 0.717) is 5.69 Å². The van der Waals surface area contributed by atoms with Crippen LogP contribution in [0.15, 0.2) is 24.3 Å². The van der Waals surface area contributed by atoms with E-state index in [-0.39, 0.29) is 23.4 Å². The molecule has 2 bridgehead atoms. The molecule has 7 heteroatoms. The molecule has 0 saturated heterocycles. The van der Waals surface area contributed by atoms with E-state index in [1.165, 1.54) is 18.2 Å². The van der Waals surface area contributed by atoms with Crippen LogP contribution < -0.4 is 10.4 Å². The van der Waals surface area contributed by atoms with Gasteiger partial charge in [-0.15, -0.1) is 0 Å². The maximum atomic E-state index is 12.4. The van der Waals surface area contributed by atoms with Gasteiger partial charge in [0.25, 0.3) is 5.69 Å². The molecule has 1 aromatic rings. The van der Waals surface area contributed by atoms with E-state index in [1.54, 1.807) is 6.07 Å². The van der Waals surface area contributed by atoms with Gasteiger partial charge in [0.1, 0.15) is 0 Å². The Hall–Kier alpha value is -2.44. The number of anilines is 1. The van der Waals surface area contributed by atoms with Gasteiger partial charge in [-0.25, -0.2) is 0 Å². The molecular formula is C15H15N2O5-. The molecule has 0 unspecified atom stereocenters. The van der Waals surface area contributed by atoms with Gasteiger partial charge in [0.05, 0.1) is 4.92 Å². The average molecular weight is 303 g/mol. The SMILES string of the molecule is O=C([O-])[C@@H]1[C@H]2CC[C@@H](C2)[C@@H]1C(=O)Nc1cccc([N+](=O)[O-])c1. The number of benzene rings is 1. The molecule has 4 atom stereocenters. The van der Waals surface area contributed by atoms with Crippen LogP contribution in [0.1, 0.15) is 19.3 Å². The monoisotopic (exact) mass is 303 g/mol. The number of amides is 1. The number of nitrogens with zero attached hydrogens (tertiary/aromatic N) is 1. The molecule has 0 radical (unpaired) electrons. The van der Waals surface area contributed by atoms with Crippen LogP contribution in [0.25, 0.3) is 0 Å². The normalized spacial score (nSPS) is 29.3. The second kappa shape index (κ2) is 5.40. The van der Waals surface area contributed by atoms with Gasteiger partial charge in [-0.05, 0) is 37.2 Å². The average Bonchev–Trinajstić information content (AvgIpc) is 3.07. The Morgan fingerprint density at radius 1 is 1.18 bits per heavy atom. The lowest BCUT2D eigenvalue weighted by atomic mass is 9.78. The number of rotatable bonds is 4. The van der Waals surface area contributed by atoms with Crippen molar-refractivity contribution in [1.82, 2.24) is 0 Å². The summed E-state index contributed by atoms with van der Waals surface area (Å²) in [5.41, 5.74) is 0.182. The Morgan fingerprint density at radius 3 is 2.50 bits per heavy atom. The second-order valence-corrected chi connectivity index (χ2v) is 6.00. The number of hydrogen-bond acceptors (Lipinski definition) is 5. The van der Waals surface area contributed by atoms with Crippen LogP contribution in [0.2, 0.25) is 0 Å². The second-order valence-electron chi connectivity index (χ2n) is 6.00. The topological polar surface area (TPSA) is 112 Å². The van der Waals surface area contributed by atoms with Crippen molar-refractivity contribution in [3.05, 3.63) is 34.4 Å². The number of carboxylic acids is 1. The zero-order valence-electron chi connectivity index (χ0n) is 11.7. The first-order chi connectivity index (χ1) is 10.5. The highest BCUT2D eigenvalue weighted by Gasteiger charge is 2.51. The molecular weight excluding hydrogens is 288 g/mol. The number of nitrogens with one attached hydrogen (secondary N) is 1. The van der Waals surface area contributed by atoms with Crippen molar-refractivity contribution in [2.75, 3.05) is 5.32 Å². The summed E-state index contributed by atoms with van der Waals surface area (Å²) < 4.78 is 0. The van der Waals surface area contributed by atoms with E-state index in [2.05, 4.69) is 5.32 Å². The van der Waals surface area contributed by atoms with E-state index in [0.717, 1.165) is 19.3 Å². The standard InChI is InChI=1S/C15H16N2O5/c18-14(16-10-2-1-3-11(7-10)17(21)22)12-8-4-5-9(6-8)13(12)15(19)20/h1-3,7-9,12-13H,4-6H2,(H,16,18)(H,19,20)/p-1/t8-,9-,12-,13+/m0/s1. The van der Waals surface area contributed by atoms with Crippen LogP contribution in [-0.2, 0) is 9.59 Å². The third-order valence-electron chi connectivity index (χ3n) is 4.82. The summed E-state index contributed by atoms with van der Waals surface area (Å²) in [6, 6.07) is 5.62. The fourth-order valence-corrected chi connectivity index (χ4v) is 3.93. The van der Waals surface area contributed by atoms with Gasteiger partial charge in [-0.2, -0.15) is 0 Å². The van der Waals surface area contributed by atoms with E-state index >= 15 is 0 Å². The van der Waals surface area contributed by atoms with Crippen molar-refractivity contribution < 1.29 is 19.6 Å². The Bertz CT molecular complexity index is 645. The number of nitro groups is 1. The van der Waals surface area contributed by atoms with Gasteiger partial charge >= 0.3 is 0 Å². The van der Waals surface area contributed by atoms with Gasteiger partial charge in [-0.1, -0.05) is 6.07 Å². The van der Waals surface area contributed by atoms with E-state index in [9.17, 15) is 24.8 Å². The fraction of sp³-hybridized carbons (Fsp3) is 0.467. The summed E-state index contributed by atoms with van der Waals surface area (Å²) in [6.07, 6.45) is 2.41. The fourth-order valence-electron chi connectivity index (χ4n) is 3.93. The number of carbonyl (C=O) groups is 2. The lowest BCUT2D eigenvalue weighted by molar-refractivity contribution is -0.384. The molecule has 0 aliphatic heterocycles. The predicted molar refractivity (Wildman–Crippen MR) is 74.5 cm³/mol. The minimum atomic E-state index is -1.17. The molecule has 7 nitrogen and oxygen atoms in total. The van der Waals surface area contributed by atoms with Gasteiger partial charge in [-0.3, -0.25) is 14.9 Å². The van der Waals surface area contributed by atoms with Crippen molar-refractivity contribution in [2.45, 2.75) is 19.3 Å². The third-order valence-corrected chi connectivity index (χ3v) is 4.82. The first-order valence-corrected chi connectivity index (χ1v) is 7.23. The number of non-ortho nitro benzene ring substituents is 1. The largest absolute Gasteiger partial charge is 0.550 e. The first-order valence-electron chi connectivity index (χ1n) is 7.23. The highest BCUT2D eigenvalue weighted by Crippen LogP contribution is 2.52. The number of aliphatic carboxylic acids is 1. The predicted octanol–water partition coefficient (Wildman–Crippen LogP) is 0.945. The van der Waals surface area contributed by atoms with E-state index < -0.39 is 22.7 Å². The molecule has 1 aromatic carbocycles. The molecule has 116 valence electrons. The number of hydrogen-bond donors (Lipinski definition) is 1.